The SMILES string of the molecule is CN(Cc1cnn(C)c1)c1ncc(Br)cc1C(=O)O. The lowest BCUT2D eigenvalue weighted by Crippen LogP contribution is -2.20. The lowest BCUT2D eigenvalue weighted by atomic mass is 10.2. The maximum absolute atomic E-state index is 11.2. The van der Waals surface area contributed by atoms with Crippen molar-refractivity contribution < 1.29 is 9.90 Å². The van der Waals surface area contributed by atoms with Crippen LogP contribution in [0.1, 0.15) is 15.9 Å². The first-order valence-electron chi connectivity index (χ1n) is 5.55. The average Bonchev–Trinajstić information content (AvgIpc) is 2.74. The minimum atomic E-state index is -0.998. The van der Waals surface area contributed by atoms with Crippen LogP contribution >= 0.6 is 15.9 Å². The Morgan fingerprint density at radius 3 is 2.84 bits per heavy atom. The van der Waals surface area contributed by atoms with E-state index >= 15 is 0 Å². The number of carbonyl (C=O) groups is 1. The number of anilines is 1. The third-order valence-corrected chi connectivity index (χ3v) is 3.04. The predicted molar refractivity (Wildman–Crippen MR) is 74.2 cm³/mol. The molecular formula is C12H13BrN4O2. The highest BCUT2D eigenvalue weighted by atomic mass is 79.9. The van der Waals surface area contributed by atoms with Crippen LogP contribution in [0.25, 0.3) is 0 Å². The quantitative estimate of drug-likeness (QED) is 0.930. The second-order valence-corrected chi connectivity index (χ2v) is 5.12. The molecule has 0 unspecified atom stereocenters. The zero-order chi connectivity index (χ0) is 14.0. The van der Waals surface area contributed by atoms with E-state index in [2.05, 4.69) is 26.0 Å². The molecule has 2 rings (SSSR count). The van der Waals surface area contributed by atoms with Crippen molar-refractivity contribution in [3.05, 3.63) is 40.3 Å². The highest BCUT2D eigenvalue weighted by Crippen LogP contribution is 2.22. The number of carboxylic acid groups (broad SMARTS) is 1. The van der Waals surface area contributed by atoms with Crippen LogP contribution in [0.2, 0.25) is 0 Å². The Hall–Kier alpha value is -1.89. The fraction of sp³-hybridized carbons (Fsp3) is 0.250. The molecule has 100 valence electrons. The summed E-state index contributed by atoms with van der Waals surface area (Å²) in [6, 6.07) is 1.55. The monoisotopic (exact) mass is 324 g/mol. The van der Waals surface area contributed by atoms with Gasteiger partial charge in [-0.2, -0.15) is 5.10 Å². The summed E-state index contributed by atoms with van der Waals surface area (Å²) in [7, 11) is 3.64. The molecule has 0 radical (unpaired) electrons. The van der Waals surface area contributed by atoms with Gasteiger partial charge in [0.25, 0.3) is 0 Å². The zero-order valence-corrected chi connectivity index (χ0v) is 12.1. The van der Waals surface area contributed by atoms with E-state index in [4.69, 9.17) is 0 Å². The molecule has 2 aromatic heterocycles. The Bertz CT molecular complexity index is 612. The summed E-state index contributed by atoms with van der Waals surface area (Å²) in [4.78, 5) is 17.2. The standard InChI is InChI=1S/C12H13BrN4O2/c1-16(6-8-4-15-17(2)7-8)11-10(12(18)19)3-9(13)5-14-11/h3-5,7H,6H2,1-2H3,(H,18,19). The van der Waals surface area contributed by atoms with Gasteiger partial charge in [0.2, 0.25) is 0 Å². The Morgan fingerprint density at radius 2 is 2.26 bits per heavy atom. The Kier molecular flexibility index (Phi) is 3.84. The minimum absolute atomic E-state index is 0.167. The molecule has 0 saturated carbocycles. The van der Waals surface area contributed by atoms with Crippen LogP contribution in [0.3, 0.4) is 0 Å². The van der Waals surface area contributed by atoms with Crippen LogP contribution in [-0.2, 0) is 13.6 Å². The average molecular weight is 325 g/mol. The van der Waals surface area contributed by atoms with E-state index in [0.29, 0.717) is 16.8 Å². The highest BCUT2D eigenvalue weighted by Gasteiger charge is 2.16. The summed E-state index contributed by atoms with van der Waals surface area (Å²) in [6.07, 6.45) is 5.22. The lowest BCUT2D eigenvalue weighted by Gasteiger charge is -2.19. The number of nitrogens with zero attached hydrogens (tertiary/aromatic N) is 4. The van der Waals surface area contributed by atoms with Crippen molar-refractivity contribution in [1.82, 2.24) is 14.8 Å². The van der Waals surface area contributed by atoms with Gasteiger partial charge in [-0.25, -0.2) is 9.78 Å². The second-order valence-electron chi connectivity index (χ2n) is 4.21. The Labute approximate surface area is 118 Å². The molecule has 0 fully saturated rings. The molecule has 19 heavy (non-hydrogen) atoms. The summed E-state index contributed by atoms with van der Waals surface area (Å²) in [5.41, 5.74) is 1.16. The van der Waals surface area contributed by atoms with Gasteiger partial charge in [-0.15, -0.1) is 0 Å². The van der Waals surface area contributed by atoms with Crippen molar-refractivity contribution >= 4 is 27.7 Å². The van der Waals surface area contributed by atoms with Gasteiger partial charge in [0.15, 0.2) is 0 Å². The van der Waals surface area contributed by atoms with Gasteiger partial charge < -0.3 is 10.0 Å². The number of aryl methyl sites for hydroxylation is 1. The van der Waals surface area contributed by atoms with Crippen LogP contribution in [0.15, 0.2) is 29.1 Å². The number of pyridine rings is 1. The van der Waals surface area contributed by atoms with E-state index in [-0.39, 0.29) is 5.56 Å². The van der Waals surface area contributed by atoms with Crippen molar-refractivity contribution in [3.63, 3.8) is 0 Å². The molecule has 0 bridgehead atoms. The molecule has 1 N–H and O–H groups in total. The van der Waals surface area contributed by atoms with Crippen molar-refractivity contribution in [3.8, 4) is 0 Å². The number of rotatable bonds is 4. The molecule has 0 aliphatic rings. The number of hydrogen-bond donors (Lipinski definition) is 1. The van der Waals surface area contributed by atoms with Crippen LogP contribution in [-0.4, -0.2) is 32.9 Å². The Morgan fingerprint density at radius 1 is 1.53 bits per heavy atom. The minimum Gasteiger partial charge on any atom is -0.478 e. The first-order valence-corrected chi connectivity index (χ1v) is 6.34. The number of carboxylic acids is 1. The summed E-state index contributed by atoms with van der Waals surface area (Å²) >= 11 is 3.23. The van der Waals surface area contributed by atoms with Crippen LogP contribution in [0, 0.1) is 0 Å². The van der Waals surface area contributed by atoms with Gasteiger partial charge in [0.1, 0.15) is 11.4 Å². The molecule has 0 aromatic carbocycles. The summed E-state index contributed by atoms with van der Waals surface area (Å²) < 4.78 is 2.35. The molecule has 0 aliphatic heterocycles. The smallest absolute Gasteiger partial charge is 0.339 e. The summed E-state index contributed by atoms with van der Waals surface area (Å²) in [5, 5.41) is 13.3. The van der Waals surface area contributed by atoms with E-state index in [9.17, 15) is 9.90 Å². The van der Waals surface area contributed by atoms with Crippen molar-refractivity contribution in [2.45, 2.75) is 6.54 Å². The maximum atomic E-state index is 11.2. The van der Waals surface area contributed by atoms with E-state index in [1.54, 1.807) is 35.1 Å². The molecule has 0 atom stereocenters. The fourth-order valence-corrected chi connectivity index (χ4v) is 2.13. The molecule has 7 heteroatoms. The summed E-state index contributed by atoms with van der Waals surface area (Å²) in [6.45, 7) is 0.544. The molecular weight excluding hydrogens is 312 g/mol. The van der Waals surface area contributed by atoms with Crippen LogP contribution in [0.5, 0.6) is 0 Å². The van der Waals surface area contributed by atoms with Crippen LogP contribution in [0.4, 0.5) is 5.82 Å². The number of aromatic nitrogens is 3. The van der Waals surface area contributed by atoms with Crippen molar-refractivity contribution in [2.75, 3.05) is 11.9 Å². The molecule has 0 spiro atoms. The van der Waals surface area contributed by atoms with Gasteiger partial charge in [0, 0.05) is 43.1 Å². The topological polar surface area (TPSA) is 71.2 Å². The Balaban J connectivity index is 2.28. The third-order valence-electron chi connectivity index (χ3n) is 2.60. The van der Waals surface area contributed by atoms with Gasteiger partial charge in [-0.1, -0.05) is 0 Å². The first-order chi connectivity index (χ1) is 8.97. The van der Waals surface area contributed by atoms with Crippen LogP contribution < -0.4 is 4.90 Å². The lowest BCUT2D eigenvalue weighted by molar-refractivity contribution is 0.0697. The van der Waals surface area contributed by atoms with E-state index < -0.39 is 5.97 Å². The molecule has 2 heterocycles. The number of aromatic carboxylic acids is 1. The normalized spacial score (nSPS) is 10.5. The largest absolute Gasteiger partial charge is 0.478 e. The van der Waals surface area contributed by atoms with E-state index in [1.165, 1.54) is 0 Å². The van der Waals surface area contributed by atoms with Gasteiger partial charge in [-0.3, -0.25) is 4.68 Å². The molecule has 0 saturated heterocycles. The van der Waals surface area contributed by atoms with Gasteiger partial charge in [-0.05, 0) is 22.0 Å². The number of hydrogen-bond acceptors (Lipinski definition) is 4. The van der Waals surface area contributed by atoms with E-state index in [1.807, 2.05) is 13.2 Å². The first kappa shape index (κ1) is 13.5. The van der Waals surface area contributed by atoms with E-state index in [0.717, 1.165) is 5.56 Å². The summed E-state index contributed by atoms with van der Waals surface area (Å²) in [5.74, 6) is -0.568. The van der Waals surface area contributed by atoms with Crippen molar-refractivity contribution in [2.24, 2.45) is 7.05 Å². The molecule has 0 amide bonds. The highest BCUT2D eigenvalue weighted by molar-refractivity contribution is 9.10. The second kappa shape index (κ2) is 5.40. The molecule has 0 aliphatic carbocycles. The predicted octanol–water partition coefficient (Wildman–Crippen LogP) is 1.91. The third kappa shape index (κ3) is 3.11. The van der Waals surface area contributed by atoms with Gasteiger partial charge >= 0.3 is 5.97 Å². The fourth-order valence-electron chi connectivity index (χ4n) is 1.80. The number of halogens is 1. The molecule has 6 nitrogen and oxygen atoms in total. The maximum Gasteiger partial charge on any atom is 0.339 e. The van der Waals surface area contributed by atoms with Crippen molar-refractivity contribution in [1.29, 1.82) is 0 Å². The van der Waals surface area contributed by atoms with Gasteiger partial charge in [0.05, 0.1) is 6.20 Å². The zero-order valence-electron chi connectivity index (χ0n) is 10.5. The molecule has 2 aromatic rings.